The predicted octanol–water partition coefficient (Wildman–Crippen LogP) is 3.48. The lowest BCUT2D eigenvalue weighted by Crippen LogP contribution is -1.91. The molecule has 0 atom stereocenters. The van der Waals surface area contributed by atoms with Crippen molar-refractivity contribution >= 4 is 15.9 Å². The molecule has 0 unspecified atom stereocenters. The lowest BCUT2D eigenvalue weighted by Gasteiger charge is -2.06. The second-order valence-electron chi connectivity index (χ2n) is 3.01. The average Bonchev–Trinajstić information content (AvgIpc) is 2.25. The molecule has 82 valence electrons. The van der Waals surface area contributed by atoms with E-state index in [-0.39, 0.29) is 17.4 Å². The van der Waals surface area contributed by atoms with Gasteiger partial charge in [-0.3, -0.25) is 0 Å². The van der Waals surface area contributed by atoms with Crippen LogP contribution < -0.4 is 4.74 Å². The second-order valence-corrected chi connectivity index (χ2v) is 3.86. The summed E-state index contributed by atoms with van der Waals surface area (Å²) < 4.78 is 19.2. The Labute approximate surface area is 99.6 Å². The Morgan fingerprint density at radius 3 is 2.81 bits per heavy atom. The number of benzene rings is 1. The topological polar surface area (TPSA) is 42.4 Å². The number of aromatic hydroxyl groups is 1. The Morgan fingerprint density at radius 2 is 2.12 bits per heavy atom. The van der Waals surface area contributed by atoms with Crippen LogP contribution in [0.15, 0.2) is 41.0 Å². The summed E-state index contributed by atoms with van der Waals surface area (Å²) in [6.07, 6.45) is 1.54. The summed E-state index contributed by atoms with van der Waals surface area (Å²) >= 11 is 3.23. The fourth-order valence-corrected chi connectivity index (χ4v) is 1.46. The Hall–Kier alpha value is -1.62. The zero-order chi connectivity index (χ0) is 11.5. The highest BCUT2D eigenvalue weighted by Crippen LogP contribution is 2.29. The molecule has 0 aliphatic rings. The molecule has 1 aromatic heterocycles. The van der Waals surface area contributed by atoms with E-state index in [9.17, 15) is 4.39 Å². The Morgan fingerprint density at radius 1 is 1.31 bits per heavy atom. The van der Waals surface area contributed by atoms with Crippen LogP contribution in [0.3, 0.4) is 0 Å². The van der Waals surface area contributed by atoms with E-state index < -0.39 is 5.82 Å². The highest BCUT2D eigenvalue weighted by Gasteiger charge is 2.08. The quantitative estimate of drug-likeness (QED) is 0.918. The molecule has 2 aromatic rings. The second kappa shape index (κ2) is 4.49. The van der Waals surface area contributed by atoms with Crippen LogP contribution in [0.2, 0.25) is 0 Å². The number of ether oxygens (including phenoxy) is 1. The minimum atomic E-state index is -0.641. The number of aromatic nitrogens is 1. The van der Waals surface area contributed by atoms with Crippen LogP contribution in [0.1, 0.15) is 0 Å². The van der Waals surface area contributed by atoms with Crippen molar-refractivity contribution in [2.24, 2.45) is 0 Å². The first-order valence-corrected chi connectivity index (χ1v) is 5.23. The van der Waals surface area contributed by atoms with E-state index in [2.05, 4.69) is 20.9 Å². The summed E-state index contributed by atoms with van der Waals surface area (Å²) in [5.41, 5.74) is 0. The van der Waals surface area contributed by atoms with Crippen LogP contribution in [0.4, 0.5) is 4.39 Å². The van der Waals surface area contributed by atoms with E-state index in [1.54, 1.807) is 18.3 Å². The number of hydrogen-bond donors (Lipinski definition) is 1. The van der Waals surface area contributed by atoms with Gasteiger partial charge in [0.25, 0.3) is 0 Å². The van der Waals surface area contributed by atoms with Gasteiger partial charge in [-0.05, 0) is 40.2 Å². The number of hydrogen-bond acceptors (Lipinski definition) is 3. The SMILES string of the molecule is Oc1ccc(Oc2ncccc2Br)c(F)c1. The molecule has 1 N–H and O–H groups in total. The van der Waals surface area contributed by atoms with Crippen molar-refractivity contribution in [1.29, 1.82) is 0 Å². The van der Waals surface area contributed by atoms with Crippen molar-refractivity contribution in [1.82, 2.24) is 4.98 Å². The predicted molar refractivity (Wildman–Crippen MR) is 60.1 cm³/mol. The van der Waals surface area contributed by atoms with E-state index in [0.29, 0.717) is 4.47 Å². The third kappa shape index (κ3) is 2.30. The largest absolute Gasteiger partial charge is 0.508 e. The van der Waals surface area contributed by atoms with Crippen molar-refractivity contribution in [3.63, 3.8) is 0 Å². The molecule has 1 aromatic carbocycles. The number of phenolic OH excluding ortho intramolecular Hbond substituents is 1. The highest BCUT2D eigenvalue weighted by molar-refractivity contribution is 9.10. The summed E-state index contributed by atoms with van der Waals surface area (Å²) in [6, 6.07) is 7.12. The summed E-state index contributed by atoms with van der Waals surface area (Å²) in [6.45, 7) is 0. The minimum absolute atomic E-state index is 0.0113. The molecule has 0 saturated carbocycles. The van der Waals surface area contributed by atoms with Gasteiger partial charge in [-0.2, -0.15) is 0 Å². The summed E-state index contributed by atoms with van der Waals surface area (Å²) in [4.78, 5) is 3.94. The molecule has 0 spiro atoms. The third-order valence-corrected chi connectivity index (χ3v) is 2.45. The van der Waals surface area contributed by atoms with Crippen molar-refractivity contribution in [3.05, 3.63) is 46.8 Å². The molecular formula is C11H7BrFNO2. The zero-order valence-electron chi connectivity index (χ0n) is 8.02. The van der Waals surface area contributed by atoms with Gasteiger partial charge >= 0.3 is 0 Å². The standard InChI is InChI=1S/C11H7BrFNO2/c12-8-2-1-5-14-11(8)16-10-4-3-7(15)6-9(10)13/h1-6,15H. The van der Waals surface area contributed by atoms with Crippen LogP contribution in [-0.4, -0.2) is 10.1 Å². The maximum Gasteiger partial charge on any atom is 0.233 e. The number of rotatable bonds is 2. The summed E-state index contributed by atoms with van der Waals surface area (Å²) in [5, 5.41) is 9.04. The van der Waals surface area contributed by atoms with Gasteiger partial charge in [0.05, 0.1) is 4.47 Å². The summed E-state index contributed by atoms with van der Waals surface area (Å²) in [7, 11) is 0. The molecule has 0 aliphatic carbocycles. The van der Waals surface area contributed by atoms with Crippen LogP contribution in [0.25, 0.3) is 0 Å². The van der Waals surface area contributed by atoms with E-state index in [1.807, 2.05) is 0 Å². The lowest BCUT2D eigenvalue weighted by atomic mass is 10.3. The molecule has 16 heavy (non-hydrogen) atoms. The van der Waals surface area contributed by atoms with Gasteiger partial charge in [0.2, 0.25) is 5.88 Å². The van der Waals surface area contributed by atoms with Crippen molar-refractivity contribution in [2.75, 3.05) is 0 Å². The van der Waals surface area contributed by atoms with Crippen LogP contribution in [-0.2, 0) is 0 Å². The lowest BCUT2D eigenvalue weighted by molar-refractivity contribution is 0.416. The Bertz CT molecular complexity index is 519. The van der Waals surface area contributed by atoms with Crippen molar-refractivity contribution < 1.29 is 14.2 Å². The molecule has 0 saturated heterocycles. The third-order valence-electron chi connectivity index (χ3n) is 1.85. The van der Waals surface area contributed by atoms with Crippen molar-refractivity contribution in [2.45, 2.75) is 0 Å². The Kier molecular flexibility index (Phi) is 3.05. The van der Waals surface area contributed by atoms with Gasteiger partial charge in [-0.1, -0.05) is 0 Å². The molecule has 0 radical (unpaired) electrons. The van der Waals surface area contributed by atoms with Crippen LogP contribution in [0.5, 0.6) is 17.4 Å². The first-order chi connectivity index (χ1) is 7.66. The van der Waals surface area contributed by atoms with E-state index in [4.69, 9.17) is 9.84 Å². The monoisotopic (exact) mass is 283 g/mol. The maximum absolute atomic E-state index is 13.3. The van der Waals surface area contributed by atoms with Crippen LogP contribution >= 0.6 is 15.9 Å². The normalized spacial score (nSPS) is 10.1. The highest BCUT2D eigenvalue weighted by atomic mass is 79.9. The molecule has 0 aliphatic heterocycles. The maximum atomic E-state index is 13.3. The number of nitrogens with zero attached hydrogens (tertiary/aromatic N) is 1. The summed E-state index contributed by atoms with van der Waals surface area (Å²) in [5.74, 6) is -0.508. The zero-order valence-corrected chi connectivity index (χ0v) is 9.61. The molecular weight excluding hydrogens is 277 g/mol. The van der Waals surface area contributed by atoms with Gasteiger partial charge in [0, 0.05) is 12.3 Å². The van der Waals surface area contributed by atoms with E-state index in [1.165, 1.54) is 12.1 Å². The number of phenols is 1. The molecule has 5 heteroatoms. The smallest absolute Gasteiger partial charge is 0.233 e. The van der Waals surface area contributed by atoms with Crippen LogP contribution in [0, 0.1) is 5.82 Å². The van der Waals surface area contributed by atoms with E-state index in [0.717, 1.165) is 6.07 Å². The molecule has 1 heterocycles. The van der Waals surface area contributed by atoms with Crippen molar-refractivity contribution in [3.8, 4) is 17.4 Å². The molecule has 0 fully saturated rings. The molecule has 0 amide bonds. The van der Waals surface area contributed by atoms with Gasteiger partial charge in [-0.15, -0.1) is 0 Å². The first-order valence-electron chi connectivity index (χ1n) is 4.44. The van der Waals surface area contributed by atoms with E-state index >= 15 is 0 Å². The molecule has 2 rings (SSSR count). The van der Waals surface area contributed by atoms with Gasteiger partial charge in [0.1, 0.15) is 5.75 Å². The fourth-order valence-electron chi connectivity index (χ4n) is 1.12. The fraction of sp³-hybridized carbons (Fsp3) is 0. The first kappa shape index (κ1) is 10.9. The number of pyridine rings is 1. The molecule has 3 nitrogen and oxygen atoms in total. The van der Waals surface area contributed by atoms with Gasteiger partial charge in [0.15, 0.2) is 11.6 Å². The molecule has 0 bridgehead atoms. The average molecular weight is 284 g/mol. The van der Waals surface area contributed by atoms with Gasteiger partial charge in [-0.25, -0.2) is 9.37 Å². The Balaban J connectivity index is 2.31. The number of halogens is 2. The minimum Gasteiger partial charge on any atom is -0.508 e. The van der Waals surface area contributed by atoms with Gasteiger partial charge < -0.3 is 9.84 Å².